The maximum atomic E-state index is 4.80. The molecule has 0 spiro atoms. The summed E-state index contributed by atoms with van der Waals surface area (Å²) in [4.78, 5) is 12.6. The Morgan fingerprint density at radius 1 is 1.00 bits per heavy atom. The molecule has 116 valence electrons. The van der Waals surface area contributed by atoms with Crippen LogP contribution in [-0.2, 0) is 12.8 Å². The second kappa shape index (κ2) is 5.23. The van der Waals surface area contributed by atoms with Crippen LogP contribution >= 0.6 is 0 Å². The van der Waals surface area contributed by atoms with E-state index in [1.807, 2.05) is 6.92 Å². The zero-order chi connectivity index (χ0) is 16.0. The number of hydrogen-bond acceptors (Lipinski definition) is 2. The molecule has 0 saturated carbocycles. The van der Waals surface area contributed by atoms with Crippen molar-refractivity contribution in [2.24, 2.45) is 0 Å². The summed E-state index contributed by atoms with van der Waals surface area (Å²) in [6, 6.07) is 10.7. The van der Waals surface area contributed by atoms with Crippen LogP contribution in [0.4, 0.5) is 0 Å². The SMILES string of the molecule is Cc1ccn2c(C)c(CCc3ccc4[nH]c(C)nc4c3)nc2c1. The summed E-state index contributed by atoms with van der Waals surface area (Å²) in [5.41, 5.74) is 8.14. The Bertz CT molecular complexity index is 1010. The van der Waals surface area contributed by atoms with Gasteiger partial charge < -0.3 is 9.38 Å². The Balaban J connectivity index is 1.61. The van der Waals surface area contributed by atoms with E-state index in [2.05, 4.69) is 64.7 Å². The molecule has 0 aliphatic carbocycles. The van der Waals surface area contributed by atoms with Crippen LogP contribution in [0, 0.1) is 20.8 Å². The van der Waals surface area contributed by atoms with Gasteiger partial charge >= 0.3 is 0 Å². The molecule has 0 saturated heterocycles. The molecular weight excluding hydrogens is 284 g/mol. The van der Waals surface area contributed by atoms with E-state index in [1.165, 1.54) is 22.5 Å². The molecule has 0 aliphatic rings. The topological polar surface area (TPSA) is 46.0 Å². The number of nitrogens with zero attached hydrogens (tertiary/aromatic N) is 3. The summed E-state index contributed by atoms with van der Waals surface area (Å²) in [6.45, 7) is 6.23. The third-order valence-corrected chi connectivity index (χ3v) is 4.43. The molecule has 4 aromatic rings. The largest absolute Gasteiger partial charge is 0.342 e. The molecule has 3 aromatic heterocycles. The molecule has 4 heteroatoms. The van der Waals surface area contributed by atoms with Gasteiger partial charge in [0, 0.05) is 11.9 Å². The number of imidazole rings is 2. The van der Waals surface area contributed by atoms with E-state index in [0.717, 1.165) is 35.3 Å². The normalized spacial score (nSPS) is 11.6. The first-order valence-corrected chi connectivity index (χ1v) is 7.99. The van der Waals surface area contributed by atoms with Crippen molar-refractivity contribution in [3.8, 4) is 0 Å². The summed E-state index contributed by atoms with van der Waals surface area (Å²) in [7, 11) is 0. The second-order valence-electron chi connectivity index (χ2n) is 6.25. The highest BCUT2D eigenvalue weighted by atomic mass is 15.0. The Labute approximate surface area is 135 Å². The molecule has 3 heterocycles. The first kappa shape index (κ1) is 14.0. The minimum atomic E-state index is 0.946. The predicted molar refractivity (Wildman–Crippen MR) is 92.9 cm³/mol. The average Bonchev–Trinajstić information content (AvgIpc) is 3.03. The number of nitrogens with one attached hydrogen (secondary N) is 1. The number of pyridine rings is 1. The van der Waals surface area contributed by atoms with Gasteiger partial charge in [0.15, 0.2) is 0 Å². The lowest BCUT2D eigenvalue weighted by Gasteiger charge is -2.01. The summed E-state index contributed by atoms with van der Waals surface area (Å²) >= 11 is 0. The maximum Gasteiger partial charge on any atom is 0.137 e. The number of benzene rings is 1. The molecule has 1 N–H and O–H groups in total. The monoisotopic (exact) mass is 304 g/mol. The Hall–Kier alpha value is -2.62. The van der Waals surface area contributed by atoms with Crippen LogP contribution in [0.5, 0.6) is 0 Å². The van der Waals surface area contributed by atoms with Gasteiger partial charge in [-0.1, -0.05) is 6.07 Å². The van der Waals surface area contributed by atoms with E-state index in [-0.39, 0.29) is 0 Å². The Kier molecular flexibility index (Phi) is 3.18. The number of hydrogen-bond donors (Lipinski definition) is 1. The van der Waals surface area contributed by atoms with Crippen molar-refractivity contribution in [3.63, 3.8) is 0 Å². The summed E-state index contributed by atoms with van der Waals surface area (Å²) < 4.78 is 2.17. The molecule has 0 atom stereocenters. The van der Waals surface area contributed by atoms with Crippen LogP contribution in [0.1, 0.15) is 28.3 Å². The minimum Gasteiger partial charge on any atom is -0.342 e. The van der Waals surface area contributed by atoms with Crippen LogP contribution < -0.4 is 0 Å². The van der Waals surface area contributed by atoms with Crippen LogP contribution in [0.3, 0.4) is 0 Å². The van der Waals surface area contributed by atoms with Gasteiger partial charge in [-0.3, -0.25) is 0 Å². The van der Waals surface area contributed by atoms with E-state index < -0.39 is 0 Å². The Morgan fingerprint density at radius 3 is 2.74 bits per heavy atom. The number of H-pyrrole nitrogens is 1. The summed E-state index contributed by atoms with van der Waals surface area (Å²) in [5.74, 6) is 0.962. The molecule has 4 rings (SSSR count). The van der Waals surface area contributed by atoms with Crippen molar-refractivity contribution in [1.29, 1.82) is 0 Å². The van der Waals surface area contributed by atoms with E-state index >= 15 is 0 Å². The van der Waals surface area contributed by atoms with Gasteiger partial charge in [-0.05, 0) is 69.0 Å². The second-order valence-corrected chi connectivity index (χ2v) is 6.25. The van der Waals surface area contributed by atoms with Crippen molar-refractivity contribution in [2.75, 3.05) is 0 Å². The van der Waals surface area contributed by atoms with Crippen molar-refractivity contribution in [1.82, 2.24) is 19.4 Å². The lowest BCUT2D eigenvalue weighted by Crippen LogP contribution is -1.95. The standard InChI is InChI=1S/C19H20N4/c1-12-8-9-23-13(2)16(22-19(23)10-12)6-4-15-5-7-17-18(11-15)21-14(3)20-17/h5,7-11H,4,6H2,1-3H3,(H,20,21). The number of aromatic amines is 1. The highest BCUT2D eigenvalue weighted by Gasteiger charge is 2.09. The molecule has 1 aromatic carbocycles. The summed E-state index contributed by atoms with van der Waals surface area (Å²) in [5, 5.41) is 0. The first-order chi connectivity index (χ1) is 11.1. The minimum absolute atomic E-state index is 0.946. The van der Waals surface area contributed by atoms with Gasteiger partial charge in [0.25, 0.3) is 0 Å². The lowest BCUT2D eigenvalue weighted by atomic mass is 10.1. The van der Waals surface area contributed by atoms with Crippen LogP contribution in [0.2, 0.25) is 0 Å². The number of aromatic nitrogens is 4. The molecule has 0 unspecified atom stereocenters. The van der Waals surface area contributed by atoms with Gasteiger partial charge in [0.1, 0.15) is 11.5 Å². The molecule has 0 aliphatic heterocycles. The fraction of sp³-hybridized carbons (Fsp3) is 0.263. The maximum absolute atomic E-state index is 4.80. The van der Waals surface area contributed by atoms with Crippen LogP contribution in [-0.4, -0.2) is 19.4 Å². The van der Waals surface area contributed by atoms with Crippen molar-refractivity contribution in [2.45, 2.75) is 33.6 Å². The smallest absolute Gasteiger partial charge is 0.137 e. The molecule has 4 nitrogen and oxygen atoms in total. The van der Waals surface area contributed by atoms with Crippen molar-refractivity contribution >= 4 is 16.7 Å². The number of fused-ring (bicyclic) bond motifs is 2. The summed E-state index contributed by atoms with van der Waals surface area (Å²) in [6.07, 6.45) is 4.03. The van der Waals surface area contributed by atoms with E-state index in [1.54, 1.807) is 0 Å². The van der Waals surface area contributed by atoms with Crippen molar-refractivity contribution in [3.05, 3.63) is 64.9 Å². The zero-order valence-corrected chi connectivity index (χ0v) is 13.7. The van der Waals surface area contributed by atoms with E-state index in [0.29, 0.717) is 0 Å². The molecule has 23 heavy (non-hydrogen) atoms. The van der Waals surface area contributed by atoms with Gasteiger partial charge in [-0.15, -0.1) is 0 Å². The number of aryl methyl sites for hydroxylation is 5. The van der Waals surface area contributed by atoms with Gasteiger partial charge in [0.2, 0.25) is 0 Å². The van der Waals surface area contributed by atoms with E-state index in [4.69, 9.17) is 4.98 Å². The first-order valence-electron chi connectivity index (χ1n) is 7.99. The average molecular weight is 304 g/mol. The molecule has 0 fully saturated rings. The fourth-order valence-corrected chi connectivity index (χ4v) is 3.15. The number of rotatable bonds is 3. The van der Waals surface area contributed by atoms with Crippen LogP contribution in [0.15, 0.2) is 36.5 Å². The highest BCUT2D eigenvalue weighted by Crippen LogP contribution is 2.18. The van der Waals surface area contributed by atoms with Gasteiger partial charge in [-0.2, -0.15) is 0 Å². The third-order valence-electron chi connectivity index (χ3n) is 4.43. The van der Waals surface area contributed by atoms with Gasteiger partial charge in [-0.25, -0.2) is 9.97 Å². The predicted octanol–water partition coefficient (Wildman–Crippen LogP) is 3.92. The highest BCUT2D eigenvalue weighted by molar-refractivity contribution is 5.75. The quantitative estimate of drug-likeness (QED) is 0.623. The lowest BCUT2D eigenvalue weighted by molar-refractivity contribution is 0.912. The van der Waals surface area contributed by atoms with E-state index in [9.17, 15) is 0 Å². The van der Waals surface area contributed by atoms with Gasteiger partial charge in [0.05, 0.1) is 16.7 Å². The molecule has 0 radical (unpaired) electrons. The third kappa shape index (κ3) is 2.50. The zero-order valence-electron chi connectivity index (χ0n) is 13.7. The molecule has 0 bridgehead atoms. The Morgan fingerprint density at radius 2 is 1.87 bits per heavy atom. The van der Waals surface area contributed by atoms with Crippen molar-refractivity contribution < 1.29 is 0 Å². The molecular formula is C19H20N4. The fourth-order valence-electron chi connectivity index (χ4n) is 3.15. The van der Waals surface area contributed by atoms with Crippen LogP contribution in [0.25, 0.3) is 16.7 Å². The molecule has 0 amide bonds.